The lowest BCUT2D eigenvalue weighted by Gasteiger charge is -2.12. The van der Waals surface area contributed by atoms with E-state index >= 15 is 0 Å². The Bertz CT molecular complexity index is 687. The summed E-state index contributed by atoms with van der Waals surface area (Å²) < 4.78 is 51.1. The van der Waals surface area contributed by atoms with Gasteiger partial charge in [-0.2, -0.15) is 18.3 Å². The molecular weight excluding hydrogens is 308 g/mol. The van der Waals surface area contributed by atoms with Gasteiger partial charge in [-0.25, -0.2) is 4.39 Å². The first-order chi connectivity index (χ1) is 9.79. The van der Waals surface area contributed by atoms with E-state index in [0.717, 1.165) is 6.07 Å². The molecule has 0 saturated heterocycles. The van der Waals surface area contributed by atoms with Gasteiger partial charge < -0.3 is 11.1 Å². The summed E-state index contributed by atoms with van der Waals surface area (Å²) in [6.07, 6.45) is -3.46. The lowest BCUT2D eigenvalue weighted by Crippen LogP contribution is -2.14. The minimum Gasteiger partial charge on any atom is -0.389 e. The maximum atomic E-state index is 13.2. The molecule has 0 spiro atoms. The van der Waals surface area contributed by atoms with E-state index in [1.165, 1.54) is 12.3 Å². The fourth-order valence-corrected chi connectivity index (χ4v) is 1.74. The van der Waals surface area contributed by atoms with Crippen molar-refractivity contribution in [1.29, 1.82) is 0 Å². The number of nitrogens with one attached hydrogen (secondary N) is 1. The van der Waals surface area contributed by atoms with Crippen molar-refractivity contribution in [3.05, 3.63) is 47.4 Å². The van der Waals surface area contributed by atoms with Gasteiger partial charge in [-0.05, 0) is 24.3 Å². The number of hydrogen-bond donors (Lipinski definition) is 2. The zero-order valence-electron chi connectivity index (χ0n) is 10.3. The molecular formula is C12H8F4N4S. The van der Waals surface area contributed by atoms with Gasteiger partial charge in [-0.3, -0.25) is 0 Å². The molecule has 2 rings (SSSR count). The molecule has 0 aliphatic carbocycles. The molecule has 0 fully saturated rings. The zero-order chi connectivity index (χ0) is 15.6. The van der Waals surface area contributed by atoms with Gasteiger partial charge in [-0.1, -0.05) is 12.2 Å². The molecule has 0 aliphatic heterocycles. The van der Waals surface area contributed by atoms with Gasteiger partial charge in [-0.15, -0.1) is 5.10 Å². The number of hydrogen-bond acceptors (Lipinski definition) is 4. The van der Waals surface area contributed by atoms with E-state index < -0.39 is 17.6 Å². The lowest BCUT2D eigenvalue weighted by molar-refractivity contribution is -0.139. The first kappa shape index (κ1) is 15.1. The molecule has 1 aromatic carbocycles. The number of alkyl halides is 3. The molecule has 0 aliphatic rings. The highest BCUT2D eigenvalue weighted by Crippen LogP contribution is 2.33. The predicted molar refractivity (Wildman–Crippen MR) is 72.6 cm³/mol. The lowest BCUT2D eigenvalue weighted by atomic mass is 10.1. The van der Waals surface area contributed by atoms with Crippen molar-refractivity contribution >= 4 is 28.7 Å². The van der Waals surface area contributed by atoms with Gasteiger partial charge in [0.2, 0.25) is 0 Å². The molecule has 110 valence electrons. The smallest absolute Gasteiger partial charge is 0.389 e. The van der Waals surface area contributed by atoms with Crippen LogP contribution in [0.4, 0.5) is 29.1 Å². The Balaban J connectivity index is 2.40. The third-order valence-corrected chi connectivity index (χ3v) is 2.74. The third-order valence-electron chi connectivity index (χ3n) is 2.52. The molecule has 1 heterocycles. The van der Waals surface area contributed by atoms with Crippen molar-refractivity contribution < 1.29 is 17.6 Å². The van der Waals surface area contributed by atoms with Gasteiger partial charge in [0.25, 0.3) is 0 Å². The molecule has 2 aromatic rings. The van der Waals surface area contributed by atoms with Crippen LogP contribution < -0.4 is 11.1 Å². The predicted octanol–water partition coefficient (Wildman–Crippen LogP) is 3.01. The highest BCUT2D eigenvalue weighted by Gasteiger charge is 2.34. The monoisotopic (exact) mass is 316 g/mol. The SMILES string of the molecule is NC(=S)c1ccnnc1Nc1ccc(F)c(C(F)(F)F)c1. The molecule has 0 bridgehead atoms. The number of thiocarbonyl (C=S) groups is 1. The second-order valence-corrected chi connectivity index (χ2v) is 4.41. The first-order valence-electron chi connectivity index (χ1n) is 5.54. The molecule has 1 aromatic heterocycles. The highest BCUT2D eigenvalue weighted by molar-refractivity contribution is 7.80. The Labute approximate surface area is 122 Å². The summed E-state index contributed by atoms with van der Waals surface area (Å²) in [4.78, 5) is 0.00514. The van der Waals surface area contributed by atoms with E-state index in [-0.39, 0.29) is 16.5 Å². The Morgan fingerprint density at radius 1 is 1.24 bits per heavy atom. The van der Waals surface area contributed by atoms with Crippen LogP contribution in [-0.4, -0.2) is 15.2 Å². The van der Waals surface area contributed by atoms with Crippen LogP contribution in [0.2, 0.25) is 0 Å². The molecule has 3 N–H and O–H groups in total. The number of rotatable bonds is 3. The topological polar surface area (TPSA) is 63.8 Å². The number of benzene rings is 1. The molecule has 0 unspecified atom stereocenters. The summed E-state index contributed by atoms with van der Waals surface area (Å²) >= 11 is 4.80. The van der Waals surface area contributed by atoms with Gasteiger partial charge in [0, 0.05) is 5.69 Å². The third kappa shape index (κ3) is 3.43. The van der Waals surface area contributed by atoms with E-state index in [4.69, 9.17) is 18.0 Å². The van der Waals surface area contributed by atoms with Crippen molar-refractivity contribution in [3.63, 3.8) is 0 Å². The normalized spacial score (nSPS) is 11.2. The van der Waals surface area contributed by atoms with Crippen LogP contribution in [0, 0.1) is 5.82 Å². The number of halogens is 4. The van der Waals surface area contributed by atoms with Crippen molar-refractivity contribution in [2.24, 2.45) is 5.73 Å². The molecule has 9 heteroatoms. The number of aromatic nitrogens is 2. The van der Waals surface area contributed by atoms with Crippen molar-refractivity contribution in [2.45, 2.75) is 6.18 Å². The fraction of sp³-hybridized carbons (Fsp3) is 0.0833. The van der Waals surface area contributed by atoms with Crippen molar-refractivity contribution in [3.8, 4) is 0 Å². The molecule has 0 atom stereocenters. The van der Waals surface area contributed by atoms with Crippen LogP contribution >= 0.6 is 12.2 Å². The number of nitrogens with two attached hydrogens (primary N) is 1. The summed E-state index contributed by atoms with van der Waals surface area (Å²) in [5, 5.41) is 9.88. The van der Waals surface area contributed by atoms with Crippen LogP contribution in [0.25, 0.3) is 0 Å². The molecule has 0 radical (unpaired) electrons. The van der Waals surface area contributed by atoms with Gasteiger partial charge in [0.05, 0.1) is 17.3 Å². The van der Waals surface area contributed by atoms with E-state index in [0.29, 0.717) is 17.7 Å². The number of anilines is 2. The minimum absolute atomic E-state index is 0.00514. The van der Waals surface area contributed by atoms with Gasteiger partial charge >= 0.3 is 6.18 Å². The maximum absolute atomic E-state index is 13.2. The van der Waals surface area contributed by atoms with E-state index in [1.807, 2.05) is 0 Å². The van der Waals surface area contributed by atoms with E-state index in [9.17, 15) is 17.6 Å². The highest BCUT2D eigenvalue weighted by atomic mass is 32.1. The van der Waals surface area contributed by atoms with Crippen molar-refractivity contribution in [2.75, 3.05) is 5.32 Å². The largest absolute Gasteiger partial charge is 0.419 e. The van der Waals surface area contributed by atoms with Gasteiger partial charge in [0.15, 0.2) is 5.82 Å². The average molecular weight is 316 g/mol. The van der Waals surface area contributed by atoms with Crippen LogP contribution in [0.5, 0.6) is 0 Å². The number of nitrogens with zero attached hydrogens (tertiary/aromatic N) is 2. The fourth-order valence-electron chi connectivity index (χ4n) is 1.58. The summed E-state index contributed by atoms with van der Waals surface area (Å²) in [6, 6.07) is 3.95. The second kappa shape index (κ2) is 5.60. The van der Waals surface area contributed by atoms with Crippen molar-refractivity contribution in [1.82, 2.24) is 10.2 Å². The summed E-state index contributed by atoms with van der Waals surface area (Å²) in [5.74, 6) is -1.27. The van der Waals surface area contributed by atoms with E-state index in [1.54, 1.807) is 0 Å². The van der Waals surface area contributed by atoms with Crippen LogP contribution in [-0.2, 0) is 6.18 Å². The standard InChI is InChI=1S/C12H8F4N4S/c13-9-2-1-6(5-8(9)12(14,15)16)19-11-7(10(17)21)3-4-18-20-11/h1-5H,(H2,17,21)(H,19,20). The Kier molecular flexibility index (Phi) is 4.03. The quantitative estimate of drug-likeness (QED) is 0.673. The summed E-state index contributed by atoms with van der Waals surface area (Å²) in [5.41, 5.74) is 4.40. The first-order valence-corrected chi connectivity index (χ1v) is 5.95. The van der Waals surface area contributed by atoms with E-state index in [2.05, 4.69) is 15.5 Å². The minimum atomic E-state index is -4.80. The van der Waals surface area contributed by atoms with Crippen LogP contribution in [0.3, 0.4) is 0 Å². The Hall–Kier alpha value is -2.29. The summed E-state index contributed by atoms with van der Waals surface area (Å²) in [7, 11) is 0. The summed E-state index contributed by atoms with van der Waals surface area (Å²) in [6.45, 7) is 0. The zero-order valence-corrected chi connectivity index (χ0v) is 11.1. The average Bonchev–Trinajstić information content (AvgIpc) is 2.40. The molecule has 0 saturated carbocycles. The van der Waals surface area contributed by atoms with Crippen LogP contribution in [0.1, 0.15) is 11.1 Å². The molecule has 0 amide bonds. The Morgan fingerprint density at radius 3 is 2.57 bits per heavy atom. The molecule has 21 heavy (non-hydrogen) atoms. The maximum Gasteiger partial charge on any atom is 0.419 e. The second-order valence-electron chi connectivity index (χ2n) is 3.98. The Morgan fingerprint density at radius 2 is 1.95 bits per heavy atom. The van der Waals surface area contributed by atoms with Gasteiger partial charge in [0.1, 0.15) is 10.8 Å². The molecule has 4 nitrogen and oxygen atoms in total. The van der Waals surface area contributed by atoms with Crippen LogP contribution in [0.15, 0.2) is 30.5 Å².